The number of carbonyl (C=O) groups excluding carboxylic acids is 1. The lowest BCUT2D eigenvalue weighted by Crippen LogP contribution is -2.53. The summed E-state index contributed by atoms with van der Waals surface area (Å²) in [6.07, 6.45) is 6.24. The standard InChI is InChI=1S/C14H23NO4/c16-12(17)10-14(6-2-1-3-7-14)15-13(18)11-4-8-19-9-5-11/h11H,1-10H2,(H,15,18)(H,16,17). The molecule has 19 heavy (non-hydrogen) atoms. The molecule has 1 amide bonds. The lowest BCUT2D eigenvalue weighted by Gasteiger charge is -2.38. The Labute approximate surface area is 113 Å². The van der Waals surface area contributed by atoms with Gasteiger partial charge in [-0.1, -0.05) is 19.3 Å². The molecule has 1 saturated heterocycles. The van der Waals surface area contributed by atoms with Crippen LogP contribution in [0, 0.1) is 5.92 Å². The normalized spacial score (nSPS) is 23.8. The summed E-state index contributed by atoms with van der Waals surface area (Å²) >= 11 is 0. The van der Waals surface area contributed by atoms with Gasteiger partial charge in [-0.05, 0) is 25.7 Å². The molecule has 0 unspecified atom stereocenters. The first-order valence-electron chi connectivity index (χ1n) is 7.23. The maximum Gasteiger partial charge on any atom is 0.305 e. The maximum absolute atomic E-state index is 12.3. The molecule has 5 heteroatoms. The Morgan fingerprint density at radius 1 is 1.16 bits per heavy atom. The second kappa shape index (κ2) is 6.37. The number of carbonyl (C=O) groups is 2. The average molecular weight is 269 g/mol. The molecule has 0 atom stereocenters. The summed E-state index contributed by atoms with van der Waals surface area (Å²) in [5.41, 5.74) is -0.514. The first-order chi connectivity index (χ1) is 9.11. The number of hydrogen-bond acceptors (Lipinski definition) is 3. The Kier molecular flexibility index (Phi) is 4.80. The van der Waals surface area contributed by atoms with Crippen LogP contribution >= 0.6 is 0 Å². The predicted molar refractivity (Wildman–Crippen MR) is 69.8 cm³/mol. The van der Waals surface area contributed by atoms with Gasteiger partial charge in [-0.25, -0.2) is 0 Å². The minimum absolute atomic E-state index is 0.0126. The summed E-state index contributed by atoms with van der Waals surface area (Å²) in [4.78, 5) is 23.4. The van der Waals surface area contributed by atoms with Gasteiger partial charge in [-0.3, -0.25) is 9.59 Å². The molecule has 0 aromatic rings. The second-order valence-electron chi connectivity index (χ2n) is 5.79. The van der Waals surface area contributed by atoms with E-state index in [1.807, 2.05) is 0 Å². The molecule has 0 radical (unpaired) electrons. The van der Waals surface area contributed by atoms with Crippen molar-refractivity contribution >= 4 is 11.9 Å². The van der Waals surface area contributed by atoms with Crippen LogP contribution in [0.25, 0.3) is 0 Å². The van der Waals surface area contributed by atoms with Crippen molar-refractivity contribution in [2.24, 2.45) is 5.92 Å². The highest BCUT2D eigenvalue weighted by Crippen LogP contribution is 2.32. The molecule has 2 fully saturated rings. The third-order valence-electron chi connectivity index (χ3n) is 4.28. The fraction of sp³-hybridized carbons (Fsp3) is 0.857. The molecule has 1 saturated carbocycles. The molecule has 2 aliphatic rings. The molecular weight excluding hydrogens is 246 g/mol. The predicted octanol–water partition coefficient (Wildman–Crippen LogP) is 1.71. The first-order valence-corrected chi connectivity index (χ1v) is 7.23. The summed E-state index contributed by atoms with van der Waals surface area (Å²) in [6, 6.07) is 0. The van der Waals surface area contributed by atoms with Crippen LogP contribution in [0.3, 0.4) is 0 Å². The summed E-state index contributed by atoms with van der Waals surface area (Å²) in [5, 5.41) is 12.1. The molecule has 0 aromatic heterocycles. The molecule has 1 aliphatic carbocycles. The topological polar surface area (TPSA) is 75.6 Å². The van der Waals surface area contributed by atoms with Gasteiger partial charge >= 0.3 is 5.97 Å². The fourth-order valence-corrected chi connectivity index (χ4v) is 3.19. The van der Waals surface area contributed by atoms with Crippen LogP contribution in [-0.4, -0.2) is 35.7 Å². The van der Waals surface area contributed by atoms with Crippen molar-refractivity contribution < 1.29 is 19.4 Å². The molecule has 0 bridgehead atoms. The van der Waals surface area contributed by atoms with Gasteiger partial charge in [0.05, 0.1) is 12.0 Å². The molecule has 1 aliphatic heterocycles. The lowest BCUT2D eigenvalue weighted by molar-refractivity contribution is -0.140. The zero-order valence-electron chi connectivity index (χ0n) is 11.3. The molecule has 0 aromatic carbocycles. The largest absolute Gasteiger partial charge is 0.481 e. The van der Waals surface area contributed by atoms with E-state index in [1.165, 1.54) is 0 Å². The number of carboxylic acid groups (broad SMARTS) is 1. The Hall–Kier alpha value is -1.10. The van der Waals surface area contributed by atoms with Crippen LogP contribution in [0.2, 0.25) is 0 Å². The van der Waals surface area contributed by atoms with E-state index in [9.17, 15) is 9.59 Å². The van der Waals surface area contributed by atoms with E-state index in [2.05, 4.69) is 5.32 Å². The molecule has 1 heterocycles. The van der Waals surface area contributed by atoms with E-state index in [4.69, 9.17) is 9.84 Å². The highest BCUT2D eigenvalue weighted by Gasteiger charge is 2.37. The Bertz CT molecular complexity index is 330. The minimum Gasteiger partial charge on any atom is -0.481 e. The molecule has 2 rings (SSSR count). The Balaban J connectivity index is 1.98. The van der Waals surface area contributed by atoms with Crippen molar-refractivity contribution in [3.63, 3.8) is 0 Å². The average Bonchev–Trinajstić information content (AvgIpc) is 2.39. The molecule has 2 N–H and O–H groups in total. The van der Waals surface area contributed by atoms with Gasteiger partial charge < -0.3 is 15.2 Å². The molecule has 5 nitrogen and oxygen atoms in total. The molecular formula is C14H23NO4. The zero-order chi connectivity index (χ0) is 13.7. The van der Waals surface area contributed by atoms with Crippen molar-refractivity contribution in [2.45, 2.75) is 56.9 Å². The number of aliphatic carboxylic acids is 1. The van der Waals surface area contributed by atoms with Crippen molar-refractivity contribution in [3.05, 3.63) is 0 Å². The summed E-state index contributed by atoms with van der Waals surface area (Å²) in [5.74, 6) is -0.818. The SMILES string of the molecule is O=C(O)CC1(NC(=O)C2CCOCC2)CCCCC1. The quantitative estimate of drug-likeness (QED) is 0.814. The monoisotopic (exact) mass is 269 g/mol. The van der Waals surface area contributed by atoms with Crippen LogP contribution in [-0.2, 0) is 14.3 Å². The number of carboxylic acids is 1. The van der Waals surface area contributed by atoms with E-state index >= 15 is 0 Å². The third kappa shape index (κ3) is 3.93. The highest BCUT2D eigenvalue weighted by molar-refractivity contribution is 5.80. The maximum atomic E-state index is 12.3. The summed E-state index contributed by atoms with van der Waals surface area (Å²) in [6.45, 7) is 1.26. The van der Waals surface area contributed by atoms with E-state index in [0.29, 0.717) is 13.2 Å². The number of hydrogen-bond donors (Lipinski definition) is 2. The van der Waals surface area contributed by atoms with Crippen LogP contribution in [0.5, 0.6) is 0 Å². The Morgan fingerprint density at radius 2 is 1.79 bits per heavy atom. The van der Waals surface area contributed by atoms with Gasteiger partial charge in [-0.2, -0.15) is 0 Å². The van der Waals surface area contributed by atoms with Gasteiger partial charge in [0.15, 0.2) is 0 Å². The van der Waals surface area contributed by atoms with Crippen molar-refractivity contribution in [1.29, 1.82) is 0 Å². The minimum atomic E-state index is -0.825. The number of rotatable bonds is 4. The van der Waals surface area contributed by atoms with E-state index in [0.717, 1.165) is 44.9 Å². The van der Waals surface area contributed by atoms with Gasteiger partial charge in [-0.15, -0.1) is 0 Å². The van der Waals surface area contributed by atoms with Crippen LogP contribution in [0.4, 0.5) is 0 Å². The Morgan fingerprint density at radius 3 is 2.37 bits per heavy atom. The molecule has 0 spiro atoms. The number of nitrogens with one attached hydrogen (secondary N) is 1. The first kappa shape index (κ1) is 14.3. The lowest BCUT2D eigenvalue weighted by atomic mass is 9.78. The number of amides is 1. The summed E-state index contributed by atoms with van der Waals surface area (Å²) in [7, 11) is 0. The van der Waals surface area contributed by atoms with Gasteiger partial charge in [0, 0.05) is 19.1 Å². The van der Waals surface area contributed by atoms with E-state index < -0.39 is 11.5 Å². The van der Waals surface area contributed by atoms with Gasteiger partial charge in [0.2, 0.25) is 5.91 Å². The second-order valence-corrected chi connectivity index (χ2v) is 5.79. The van der Waals surface area contributed by atoms with Crippen molar-refractivity contribution in [1.82, 2.24) is 5.32 Å². The van der Waals surface area contributed by atoms with Gasteiger partial charge in [0.1, 0.15) is 0 Å². The zero-order valence-corrected chi connectivity index (χ0v) is 11.3. The van der Waals surface area contributed by atoms with Crippen molar-refractivity contribution in [2.75, 3.05) is 13.2 Å². The number of ether oxygens (including phenoxy) is 1. The molecule has 108 valence electrons. The smallest absolute Gasteiger partial charge is 0.305 e. The van der Waals surface area contributed by atoms with Crippen molar-refractivity contribution in [3.8, 4) is 0 Å². The van der Waals surface area contributed by atoms with Gasteiger partial charge in [0.25, 0.3) is 0 Å². The third-order valence-corrected chi connectivity index (χ3v) is 4.28. The van der Waals surface area contributed by atoms with Crippen LogP contribution < -0.4 is 5.32 Å². The van der Waals surface area contributed by atoms with E-state index in [1.54, 1.807) is 0 Å². The van der Waals surface area contributed by atoms with Crippen LogP contribution in [0.1, 0.15) is 51.4 Å². The fourth-order valence-electron chi connectivity index (χ4n) is 3.19. The highest BCUT2D eigenvalue weighted by atomic mass is 16.5. The summed E-state index contributed by atoms with van der Waals surface area (Å²) < 4.78 is 5.26. The van der Waals surface area contributed by atoms with Crippen LogP contribution in [0.15, 0.2) is 0 Å². The van der Waals surface area contributed by atoms with E-state index in [-0.39, 0.29) is 18.2 Å².